The highest BCUT2D eigenvalue weighted by molar-refractivity contribution is 6.74. The topological polar surface area (TPSA) is 60.5 Å². The van der Waals surface area contributed by atoms with Crippen molar-refractivity contribution < 1.29 is 23.7 Å². The van der Waals surface area contributed by atoms with Crippen molar-refractivity contribution in [1.29, 1.82) is 0 Å². The average molecular weight is 318 g/mol. The molecule has 5 nitrogen and oxygen atoms in total. The number of aliphatic hydroxyl groups excluding tert-OH is 1. The fourth-order valence-corrected chi connectivity index (χ4v) is 5.01. The minimum Gasteiger partial charge on any atom is -0.414 e. The van der Waals surface area contributed by atoms with Crippen LogP contribution in [0.4, 0.5) is 0 Å². The van der Waals surface area contributed by atoms with Gasteiger partial charge in [-0.1, -0.05) is 27.7 Å². The van der Waals surface area contributed by atoms with Crippen LogP contribution >= 0.6 is 0 Å². The number of ether oxygens (including phenoxy) is 3. The first kappa shape index (κ1) is 17.4. The highest BCUT2D eigenvalue weighted by atomic mass is 28.4. The van der Waals surface area contributed by atoms with E-state index in [-0.39, 0.29) is 23.4 Å². The molecule has 0 aromatic heterocycles. The van der Waals surface area contributed by atoms with Gasteiger partial charge in [-0.25, -0.2) is 0 Å². The van der Waals surface area contributed by atoms with E-state index in [0.29, 0.717) is 12.5 Å². The zero-order valence-electron chi connectivity index (χ0n) is 14.3. The number of rotatable bonds is 6. The standard InChI is InChI=1S/C15H30O5Si/c1-9(2)15(3,4)21(6,7)18-8-10-11(16)12-13(20-12)14(17-5)19-10/h9-14,16H,8H2,1-7H3/t10-,11-,12-,13-,14+/m1/s1. The second-order valence-electron chi connectivity index (χ2n) is 7.53. The first-order chi connectivity index (χ1) is 9.61. The van der Waals surface area contributed by atoms with Gasteiger partial charge in [0.15, 0.2) is 14.6 Å². The van der Waals surface area contributed by atoms with Crippen molar-refractivity contribution in [3.8, 4) is 0 Å². The number of fused-ring (bicyclic) bond motifs is 1. The fourth-order valence-electron chi connectivity index (χ4n) is 2.67. The number of epoxide rings is 1. The second kappa shape index (κ2) is 5.90. The Labute approximate surface area is 129 Å². The van der Waals surface area contributed by atoms with Crippen molar-refractivity contribution in [2.45, 2.75) is 76.5 Å². The summed E-state index contributed by atoms with van der Waals surface area (Å²) in [5, 5.41) is 10.4. The van der Waals surface area contributed by atoms with Gasteiger partial charge in [-0.3, -0.25) is 0 Å². The molecule has 1 N–H and O–H groups in total. The third-order valence-corrected chi connectivity index (χ3v) is 10.3. The van der Waals surface area contributed by atoms with Crippen LogP contribution in [0.1, 0.15) is 27.7 Å². The Morgan fingerprint density at radius 3 is 2.33 bits per heavy atom. The van der Waals surface area contributed by atoms with Gasteiger partial charge in [0.05, 0.1) is 6.61 Å². The van der Waals surface area contributed by atoms with Crippen LogP contribution in [-0.4, -0.2) is 57.8 Å². The van der Waals surface area contributed by atoms with Crippen LogP contribution in [0, 0.1) is 5.92 Å². The summed E-state index contributed by atoms with van der Waals surface area (Å²) in [4.78, 5) is 0. The molecule has 2 rings (SSSR count). The lowest BCUT2D eigenvalue weighted by molar-refractivity contribution is -0.206. The van der Waals surface area contributed by atoms with Crippen molar-refractivity contribution in [2.75, 3.05) is 13.7 Å². The molecule has 2 aliphatic rings. The highest BCUT2D eigenvalue weighted by Crippen LogP contribution is 2.45. The molecule has 0 unspecified atom stereocenters. The molecule has 0 aromatic carbocycles. The van der Waals surface area contributed by atoms with Crippen LogP contribution < -0.4 is 0 Å². The monoisotopic (exact) mass is 318 g/mol. The van der Waals surface area contributed by atoms with Crippen LogP contribution in [0.3, 0.4) is 0 Å². The molecule has 0 radical (unpaired) electrons. The van der Waals surface area contributed by atoms with Gasteiger partial charge >= 0.3 is 0 Å². The largest absolute Gasteiger partial charge is 0.414 e. The van der Waals surface area contributed by atoms with E-state index in [1.165, 1.54) is 0 Å². The van der Waals surface area contributed by atoms with Gasteiger partial charge in [0, 0.05) is 7.11 Å². The number of methoxy groups -OCH3 is 1. The maximum atomic E-state index is 10.2. The summed E-state index contributed by atoms with van der Waals surface area (Å²) in [6, 6.07) is 0. The maximum absolute atomic E-state index is 10.2. The molecular formula is C15H30O5Si. The molecule has 0 bridgehead atoms. The first-order valence-electron chi connectivity index (χ1n) is 7.77. The molecule has 0 amide bonds. The number of hydrogen-bond acceptors (Lipinski definition) is 5. The molecule has 21 heavy (non-hydrogen) atoms. The number of aliphatic hydroxyl groups is 1. The summed E-state index contributed by atoms with van der Waals surface area (Å²) < 4.78 is 22.7. The lowest BCUT2D eigenvalue weighted by Crippen LogP contribution is -2.52. The minimum atomic E-state index is -1.92. The second-order valence-corrected chi connectivity index (χ2v) is 12.1. The smallest absolute Gasteiger partial charge is 0.192 e. The summed E-state index contributed by atoms with van der Waals surface area (Å²) in [5.74, 6) is 0.541. The molecule has 2 aliphatic heterocycles. The summed E-state index contributed by atoms with van der Waals surface area (Å²) in [6.45, 7) is 13.8. The molecule has 2 saturated heterocycles. The van der Waals surface area contributed by atoms with Crippen molar-refractivity contribution in [2.24, 2.45) is 5.92 Å². The molecular weight excluding hydrogens is 288 g/mol. The molecule has 0 aromatic rings. The van der Waals surface area contributed by atoms with E-state index >= 15 is 0 Å². The molecule has 0 spiro atoms. The van der Waals surface area contributed by atoms with Crippen molar-refractivity contribution in [3.05, 3.63) is 0 Å². The summed E-state index contributed by atoms with van der Waals surface area (Å²) in [5.41, 5.74) is 0. The van der Waals surface area contributed by atoms with Crippen LogP contribution in [0.25, 0.3) is 0 Å². The van der Waals surface area contributed by atoms with Crippen LogP contribution in [0.5, 0.6) is 0 Å². The lowest BCUT2D eigenvalue weighted by atomic mass is 9.99. The van der Waals surface area contributed by atoms with Crippen LogP contribution in [0.15, 0.2) is 0 Å². The Kier molecular flexibility index (Phi) is 4.88. The zero-order valence-corrected chi connectivity index (χ0v) is 15.3. The third kappa shape index (κ3) is 3.21. The number of hydrogen-bond donors (Lipinski definition) is 1. The molecule has 0 aliphatic carbocycles. The molecule has 124 valence electrons. The van der Waals surface area contributed by atoms with E-state index in [1.54, 1.807) is 7.11 Å². The van der Waals surface area contributed by atoms with E-state index in [2.05, 4.69) is 40.8 Å². The van der Waals surface area contributed by atoms with Crippen molar-refractivity contribution >= 4 is 8.32 Å². The Morgan fingerprint density at radius 2 is 1.81 bits per heavy atom. The van der Waals surface area contributed by atoms with E-state index in [0.717, 1.165) is 0 Å². The zero-order chi connectivity index (χ0) is 16.0. The Morgan fingerprint density at radius 1 is 1.19 bits per heavy atom. The van der Waals surface area contributed by atoms with Crippen LogP contribution in [-0.2, 0) is 18.6 Å². The lowest BCUT2D eigenvalue weighted by Gasteiger charge is -2.43. The summed E-state index contributed by atoms with van der Waals surface area (Å²) >= 11 is 0. The van der Waals surface area contributed by atoms with Gasteiger partial charge in [-0.2, -0.15) is 0 Å². The first-order valence-corrected chi connectivity index (χ1v) is 10.7. The highest BCUT2D eigenvalue weighted by Gasteiger charge is 2.58. The van der Waals surface area contributed by atoms with Gasteiger partial charge < -0.3 is 23.7 Å². The average Bonchev–Trinajstić information content (AvgIpc) is 3.18. The van der Waals surface area contributed by atoms with E-state index in [4.69, 9.17) is 18.6 Å². The van der Waals surface area contributed by atoms with E-state index in [1.807, 2.05) is 0 Å². The SMILES string of the molecule is CO[C@H]1O[C@H](CO[Si](C)(C)C(C)(C)C(C)C)[C@@H](O)[C@H]2O[C@@H]12. The third-order valence-electron chi connectivity index (χ3n) is 5.69. The van der Waals surface area contributed by atoms with Gasteiger partial charge in [-0.05, 0) is 24.1 Å². The Hall–Kier alpha value is 0.0169. The minimum absolute atomic E-state index is 0.126. The predicted octanol–water partition coefficient (Wildman–Crippen LogP) is 2.14. The molecule has 2 heterocycles. The quantitative estimate of drug-likeness (QED) is 0.600. The van der Waals surface area contributed by atoms with Gasteiger partial charge in [0.2, 0.25) is 0 Å². The Balaban J connectivity index is 1.95. The maximum Gasteiger partial charge on any atom is 0.192 e. The summed E-state index contributed by atoms with van der Waals surface area (Å²) in [7, 11) is -0.324. The molecule has 0 saturated carbocycles. The van der Waals surface area contributed by atoms with Crippen molar-refractivity contribution in [1.82, 2.24) is 0 Å². The van der Waals surface area contributed by atoms with Crippen molar-refractivity contribution in [3.63, 3.8) is 0 Å². The molecule has 6 heteroatoms. The molecule has 2 fully saturated rings. The van der Waals surface area contributed by atoms with Crippen LogP contribution in [0.2, 0.25) is 18.1 Å². The predicted molar refractivity (Wildman–Crippen MR) is 82.7 cm³/mol. The van der Waals surface area contributed by atoms with Gasteiger partial charge in [-0.15, -0.1) is 0 Å². The van der Waals surface area contributed by atoms with Gasteiger partial charge in [0.25, 0.3) is 0 Å². The Bertz CT molecular complexity index is 371. The summed E-state index contributed by atoms with van der Waals surface area (Å²) in [6.07, 6.45) is -1.70. The van der Waals surface area contributed by atoms with Gasteiger partial charge in [0.1, 0.15) is 24.4 Å². The normalized spacial score (nSPS) is 36.7. The molecule has 5 atom stereocenters. The van der Waals surface area contributed by atoms with E-state index in [9.17, 15) is 5.11 Å². The van der Waals surface area contributed by atoms with E-state index < -0.39 is 20.7 Å². The fraction of sp³-hybridized carbons (Fsp3) is 1.00.